The predicted octanol–water partition coefficient (Wildman–Crippen LogP) is 8.50. The molecule has 1 unspecified atom stereocenters. The monoisotopic (exact) mass is 527 g/mol. The molecule has 33 heavy (non-hydrogen) atoms. The Labute approximate surface area is 211 Å². The molecule has 1 atom stereocenters. The molecule has 200 valence electrons. The summed E-state index contributed by atoms with van der Waals surface area (Å²) in [6.45, 7) is 4.12. The molecule has 5 nitrogen and oxygen atoms in total. The van der Waals surface area contributed by atoms with Crippen LogP contribution in [-0.2, 0) is 19.1 Å². The first-order chi connectivity index (χ1) is 15.7. The second-order valence-corrected chi connectivity index (χ2v) is 15.7. The van der Waals surface area contributed by atoms with Crippen molar-refractivity contribution in [2.45, 2.75) is 142 Å². The average Bonchev–Trinajstić information content (AvgIpc) is 2.75. The van der Waals surface area contributed by atoms with E-state index in [0.717, 1.165) is 44.9 Å². The van der Waals surface area contributed by atoms with E-state index in [0.29, 0.717) is 13.2 Å². The molecule has 0 aromatic carbocycles. The Balaban J connectivity index is 3.43. The van der Waals surface area contributed by atoms with Crippen LogP contribution in [0, 0.1) is 0 Å². The fourth-order valence-electron chi connectivity index (χ4n) is 3.71. The van der Waals surface area contributed by atoms with Gasteiger partial charge < -0.3 is 4.52 Å². The number of hydrogen-bond donors (Lipinski definition) is 2. The van der Waals surface area contributed by atoms with Gasteiger partial charge in [0.1, 0.15) is 0 Å². The van der Waals surface area contributed by atoms with Crippen molar-refractivity contribution in [2.24, 2.45) is 0 Å². The minimum atomic E-state index is -3.15. The summed E-state index contributed by atoms with van der Waals surface area (Å²) < 4.78 is 44.2. The molecule has 0 bridgehead atoms. The highest BCUT2D eigenvalue weighted by molar-refractivity contribution is 8.46. The Morgan fingerprint density at radius 1 is 0.727 bits per heavy atom. The summed E-state index contributed by atoms with van der Waals surface area (Å²) in [7, 11) is -3.15. The Bertz CT molecular complexity index is 585. The van der Waals surface area contributed by atoms with E-state index in [1.165, 1.54) is 70.6 Å². The third kappa shape index (κ3) is 22.6. The molecule has 0 aliphatic heterocycles. The van der Waals surface area contributed by atoms with E-state index in [2.05, 4.69) is 23.9 Å². The van der Waals surface area contributed by atoms with Gasteiger partial charge in [-0.25, -0.2) is 13.1 Å². The van der Waals surface area contributed by atoms with Crippen LogP contribution in [0.5, 0.6) is 0 Å². The number of hydrogen-bond acceptors (Lipinski definition) is 4. The van der Waals surface area contributed by atoms with E-state index in [1.807, 2.05) is 13.8 Å². The normalized spacial score (nSPS) is 14.1. The van der Waals surface area contributed by atoms with E-state index in [4.69, 9.17) is 4.52 Å². The summed E-state index contributed by atoms with van der Waals surface area (Å²) >= 11 is 4.11. The van der Waals surface area contributed by atoms with Crippen molar-refractivity contribution >= 4 is 28.8 Å². The number of thiol groups is 1. The lowest BCUT2D eigenvalue weighted by Gasteiger charge is -2.15. The summed E-state index contributed by atoms with van der Waals surface area (Å²) in [6.07, 6.45) is 21.3. The molecule has 0 amide bonds. The van der Waals surface area contributed by atoms with Crippen LogP contribution >= 0.6 is 18.8 Å². The fraction of sp³-hybridized carbons (Fsp3) is 1.00. The molecule has 0 aromatic rings. The van der Waals surface area contributed by atoms with Gasteiger partial charge in [0.25, 0.3) is 6.57 Å². The molecule has 0 fully saturated rings. The highest BCUT2D eigenvalue weighted by atomic mass is 32.7. The zero-order valence-electron chi connectivity index (χ0n) is 21.9. The largest absolute Gasteiger partial charge is 0.321 e. The van der Waals surface area contributed by atoms with Crippen molar-refractivity contribution in [3.63, 3.8) is 0 Å². The predicted molar refractivity (Wildman–Crippen MR) is 148 cm³/mol. The molecule has 0 rings (SSSR count). The molecule has 0 aliphatic carbocycles. The molecule has 8 heteroatoms. The van der Waals surface area contributed by atoms with Crippen molar-refractivity contribution in [3.05, 3.63) is 0 Å². The van der Waals surface area contributed by atoms with Gasteiger partial charge in [-0.2, -0.15) is 0 Å². The van der Waals surface area contributed by atoms with Crippen LogP contribution in [-0.4, -0.2) is 33.0 Å². The van der Waals surface area contributed by atoms with Gasteiger partial charge in [0, 0.05) is 12.2 Å². The van der Waals surface area contributed by atoms with Gasteiger partial charge in [-0.1, -0.05) is 129 Å². The van der Waals surface area contributed by atoms with Gasteiger partial charge in [-0.3, -0.25) is 4.57 Å². The van der Waals surface area contributed by atoms with E-state index in [9.17, 15) is 13.0 Å². The molecule has 0 saturated carbocycles. The van der Waals surface area contributed by atoms with Crippen LogP contribution in [0.1, 0.15) is 136 Å². The van der Waals surface area contributed by atoms with E-state index in [1.54, 1.807) is 0 Å². The molecule has 0 aromatic heterocycles. The summed E-state index contributed by atoms with van der Waals surface area (Å²) in [5.41, 5.74) is -0.0741. The summed E-state index contributed by atoms with van der Waals surface area (Å²) in [5.74, 6) is 0.241. The highest BCUT2D eigenvalue weighted by Crippen LogP contribution is 2.56. The van der Waals surface area contributed by atoms with Crippen LogP contribution in [0.3, 0.4) is 0 Å². The summed E-state index contributed by atoms with van der Waals surface area (Å²) in [5, 5.41) is 0. The molecule has 1 N–H and O–H groups in total. The molecule has 0 spiro atoms. The molecular weight excluding hydrogens is 473 g/mol. The third-order valence-electron chi connectivity index (χ3n) is 6.09. The Kier molecular flexibility index (Phi) is 22.0. The fourth-order valence-corrected chi connectivity index (χ4v) is 5.83. The second kappa shape index (κ2) is 21.7. The molecular formula is C25H54NO4PS2. The lowest BCUT2D eigenvalue weighted by molar-refractivity contribution is 0.309. The van der Waals surface area contributed by atoms with Gasteiger partial charge in [-0.15, -0.1) is 0 Å². The lowest BCUT2D eigenvalue weighted by Crippen LogP contribution is -2.27. The van der Waals surface area contributed by atoms with Gasteiger partial charge in [0.15, 0.2) is 0 Å². The highest BCUT2D eigenvalue weighted by Gasteiger charge is 2.21. The van der Waals surface area contributed by atoms with Gasteiger partial charge in [-0.05, 0) is 19.3 Å². The van der Waals surface area contributed by atoms with Crippen LogP contribution in [0.15, 0.2) is 0 Å². The maximum absolute atomic E-state index is 12.1. The SMILES string of the molecule is CCCCCCCCCCCCCCCCS(=O)(=O)NCCCCCCOP(=O)(S)C(C)C. The first-order valence-corrected chi connectivity index (χ1v) is 18.2. The molecule has 0 aliphatic rings. The lowest BCUT2D eigenvalue weighted by atomic mass is 10.0. The topological polar surface area (TPSA) is 72.5 Å². The maximum atomic E-state index is 12.1. The van der Waals surface area contributed by atoms with Gasteiger partial charge in [0.2, 0.25) is 10.0 Å². The Morgan fingerprint density at radius 2 is 1.15 bits per heavy atom. The number of rotatable bonds is 25. The number of nitrogens with one attached hydrogen (secondary N) is 1. The van der Waals surface area contributed by atoms with Crippen LogP contribution < -0.4 is 4.72 Å². The van der Waals surface area contributed by atoms with Crippen LogP contribution in [0.25, 0.3) is 0 Å². The Morgan fingerprint density at radius 3 is 1.64 bits per heavy atom. The number of sulfonamides is 1. The zero-order chi connectivity index (χ0) is 24.8. The molecule has 0 saturated heterocycles. The van der Waals surface area contributed by atoms with Gasteiger partial charge in [0.05, 0.1) is 12.4 Å². The van der Waals surface area contributed by atoms with Crippen molar-refractivity contribution in [1.29, 1.82) is 0 Å². The summed E-state index contributed by atoms with van der Waals surface area (Å²) in [4.78, 5) is 0. The molecule has 0 heterocycles. The van der Waals surface area contributed by atoms with Crippen LogP contribution in [0.2, 0.25) is 0 Å². The van der Waals surface area contributed by atoms with Crippen molar-refractivity contribution in [2.75, 3.05) is 18.9 Å². The maximum Gasteiger partial charge on any atom is 0.257 e. The first kappa shape index (κ1) is 33.4. The van der Waals surface area contributed by atoms with E-state index < -0.39 is 16.6 Å². The van der Waals surface area contributed by atoms with Crippen molar-refractivity contribution in [1.82, 2.24) is 4.72 Å². The van der Waals surface area contributed by atoms with Crippen molar-refractivity contribution in [3.8, 4) is 0 Å². The summed E-state index contributed by atoms with van der Waals surface area (Å²) in [6, 6.07) is 0. The minimum absolute atomic E-state index is 0.0741. The smallest absolute Gasteiger partial charge is 0.257 e. The standard InChI is InChI=1S/C25H54NO4PS2/c1-4-5-6-7-8-9-10-11-12-13-14-15-18-21-24-33(28,29)26-22-19-16-17-20-23-30-31(27,32)25(2)3/h25-26H,4-24H2,1-3H3,(H,27,32). The first-order valence-electron chi connectivity index (χ1n) is 13.7. The Hall–Kier alpha value is 0.450. The van der Waals surface area contributed by atoms with Gasteiger partial charge >= 0.3 is 0 Å². The quantitative estimate of drug-likeness (QED) is 0.0709. The molecule has 0 radical (unpaired) electrons. The van der Waals surface area contributed by atoms with Crippen LogP contribution in [0.4, 0.5) is 0 Å². The van der Waals surface area contributed by atoms with E-state index in [-0.39, 0.29) is 11.4 Å². The zero-order valence-corrected chi connectivity index (χ0v) is 24.5. The third-order valence-corrected chi connectivity index (χ3v) is 11.1. The second-order valence-electron chi connectivity index (χ2n) is 9.71. The van der Waals surface area contributed by atoms with Crippen molar-refractivity contribution < 1.29 is 17.5 Å². The number of unbranched alkanes of at least 4 members (excludes halogenated alkanes) is 16. The van der Waals surface area contributed by atoms with E-state index >= 15 is 0 Å². The minimum Gasteiger partial charge on any atom is -0.321 e. The average molecular weight is 528 g/mol.